The van der Waals surface area contributed by atoms with E-state index in [1.807, 2.05) is 23.1 Å². The number of anilines is 1. The lowest BCUT2D eigenvalue weighted by atomic mass is 10.1. The van der Waals surface area contributed by atoms with Gasteiger partial charge in [0, 0.05) is 35.7 Å². The summed E-state index contributed by atoms with van der Waals surface area (Å²) in [5.41, 5.74) is 1.45. The molecule has 0 unspecified atom stereocenters. The van der Waals surface area contributed by atoms with Gasteiger partial charge in [0.15, 0.2) is 0 Å². The number of benzene rings is 1. The van der Waals surface area contributed by atoms with Gasteiger partial charge in [-0.25, -0.2) is 0 Å². The van der Waals surface area contributed by atoms with Crippen LogP contribution in [0.2, 0.25) is 0 Å². The van der Waals surface area contributed by atoms with Crippen molar-refractivity contribution in [3.05, 3.63) is 23.8 Å². The second kappa shape index (κ2) is 5.25. The minimum Gasteiger partial charge on any atom is -0.339 e. The zero-order chi connectivity index (χ0) is 13.2. The highest BCUT2D eigenvalue weighted by Gasteiger charge is 2.21. The summed E-state index contributed by atoms with van der Waals surface area (Å²) in [6, 6.07) is 5.62. The molecule has 0 atom stereocenters. The smallest absolute Gasteiger partial charge is 0.253 e. The summed E-state index contributed by atoms with van der Waals surface area (Å²) in [5.74, 6) is 0.888. The fourth-order valence-corrected chi connectivity index (χ4v) is 3.39. The highest BCUT2D eigenvalue weighted by atomic mass is 32.2. The standard InChI is InChI=1S/C14H16N2O2S/c17-13-5-8-19-12-4-3-10(9-11(12)15-13)14(18)16-6-1-2-7-16/h3-4,9H,1-2,5-8H2,(H,15,17). The molecule has 0 aliphatic carbocycles. The Hall–Kier alpha value is -1.49. The Morgan fingerprint density at radius 3 is 2.84 bits per heavy atom. The van der Waals surface area contributed by atoms with E-state index in [-0.39, 0.29) is 11.8 Å². The van der Waals surface area contributed by atoms with Crippen LogP contribution in [0.1, 0.15) is 29.6 Å². The number of likely N-dealkylation sites (tertiary alicyclic amines) is 1. The molecule has 2 heterocycles. The molecule has 1 N–H and O–H groups in total. The minimum absolute atomic E-state index is 0.0250. The average molecular weight is 276 g/mol. The predicted octanol–water partition coefficient (Wildman–Crippen LogP) is 2.36. The van der Waals surface area contributed by atoms with E-state index in [1.165, 1.54) is 0 Å². The molecule has 2 aliphatic rings. The molecule has 1 aromatic rings. The Kier molecular flexibility index (Phi) is 3.46. The van der Waals surface area contributed by atoms with Gasteiger partial charge >= 0.3 is 0 Å². The fraction of sp³-hybridized carbons (Fsp3) is 0.429. The van der Waals surface area contributed by atoms with Crippen molar-refractivity contribution in [3.8, 4) is 0 Å². The van der Waals surface area contributed by atoms with Crippen molar-refractivity contribution in [2.75, 3.05) is 24.2 Å². The summed E-state index contributed by atoms with van der Waals surface area (Å²) in [5, 5.41) is 2.88. The number of hydrogen-bond donors (Lipinski definition) is 1. The number of carbonyl (C=O) groups is 2. The quantitative estimate of drug-likeness (QED) is 0.856. The molecule has 2 aliphatic heterocycles. The largest absolute Gasteiger partial charge is 0.339 e. The van der Waals surface area contributed by atoms with Gasteiger partial charge in [-0.1, -0.05) is 0 Å². The van der Waals surface area contributed by atoms with Crippen molar-refractivity contribution in [2.45, 2.75) is 24.2 Å². The summed E-state index contributed by atoms with van der Waals surface area (Å²) in [7, 11) is 0. The van der Waals surface area contributed by atoms with E-state index in [9.17, 15) is 9.59 Å². The van der Waals surface area contributed by atoms with E-state index < -0.39 is 0 Å². The summed E-state index contributed by atoms with van der Waals surface area (Å²) in [4.78, 5) is 26.8. The van der Waals surface area contributed by atoms with Gasteiger partial charge in [0.1, 0.15) is 0 Å². The molecule has 2 amide bonds. The predicted molar refractivity (Wildman–Crippen MR) is 75.6 cm³/mol. The van der Waals surface area contributed by atoms with Crippen LogP contribution in [-0.4, -0.2) is 35.6 Å². The summed E-state index contributed by atoms with van der Waals surface area (Å²) in [6.45, 7) is 1.69. The first-order valence-electron chi connectivity index (χ1n) is 6.60. The summed E-state index contributed by atoms with van der Waals surface area (Å²) >= 11 is 1.66. The minimum atomic E-state index is 0.0250. The van der Waals surface area contributed by atoms with Crippen LogP contribution in [0.15, 0.2) is 23.1 Å². The third kappa shape index (κ3) is 2.61. The molecule has 5 heteroatoms. The SMILES string of the molecule is O=C1CCSc2ccc(C(=O)N3CCCC3)cc2N1. The number of rotatable bonds is 1. The van der Waals surface area contributed by atoms with Crippen LogP contribution < -0.4 is 5.32 Å². The van der Waals surface area contributed by atoms with E-state index in [1.54, 1.807) is 11.8 Å². The van der Waals surface area contributed by atoms with E-state index in [0.29, 0.717) is 12.0 Å². The zero-order valence-electron chi connectivity index (χ0n) is 10.6. The van der Waals surface area contributed by atoms with Crippen LogP contribution in [0, 0.1) is 0 Å². The van der Waals surface area contributed by atoms with Gasteiger partial charge in [-0.15, -0.1) is 11.8 Å². The molecule has 1 fully saturated rings. The normalized spacial score (nSPS) is 18.7. The first-order chi connectivity index (χ1) is 9.24. The molecule has 0 aromatic heterocycles. The topological polar surface area (TPSA) is 49.4 Å². The van der Waals surface area contributed by atoms with Crippen molar-refractivity contribution in [2.24, 2.45) is 0 Å². The van der Waals surface area contributed by atoms with E-state index in [0.717, 1.165) is 42.3 Å². The van der Waals surface area contributed by atoms with Gasteiger partial charge in [0.05, 0.1) is 5.69 Å². The number of amides is 2. The van der Waals surface area contributed by atoms with Gasteiger partial charge in [0.25, 0.3) is 5.91 Å². The lowest BCUT2D eigenvalue weighted by molar-refractivity contribution is -0.115. The van der Waals surface area contributed by atoms with Gasteiger partial charge in [-0.3, -0.25) is 9.59 Å². The molecule has 0 radical (unpaired) electrons. The maximum atomic E-state index is 12.3. The number of thioether (sulfide) groups is 1. The van der Waals surface area contributed by atoms with Crippen LogP contribution in [-0.2, 0) is 4.79 Å². The summed E-state index contributed by atoms with van der Waals surface area (Å²) in [6.07, 6.45) is 2.70. The lowest BCUT2D eigenvalue weighted by Crippen LogP contribution is -2.27. The highest BCUT2D eigenvalue weighted by Crippen LogP contribution is 2.32. The second-order valence-corrected chi connectivity index (χ2v) is 5.99. The molecule has 1 aromatic carbocycles. The Morgan fingerprint density at radius 2 is 2.05 bits per heavy atom. The van der Waals surface area contributed by atoms with Crippen molar-refractivity contribution >= 4 is 29.3 Å². The van der Waals surface area contributed by atoms with E-state index in [4.69, 9.17) is 0 Å². The molecule has 0 bridgehead atoms. The lowest BCUT2D eigenvalue weighted by Gasteiger charge is -2.16. The number of nitrogens with zero attached hydrogens (tertiary/aromatic N) is 1. The Bertz CT molecular complexity index is 524. The highest BCUT2D eigenvalue weighted by molar-refractivity contribution is 7.99. The van der Waals surface area contributed by atoms with Crippen LogP contribution >= 0.6 is 11.8 Å². The van der Waals surface area contributed by atoms with Crippen LogP contribution in [0.25, 0.3) is 0 Å². The number of fused-ring (bicyclic) bond motifs is 1. The molecule has 100 valence electrons. The molecule has 19 heavy (non-hydrogen) atoms. The van der Waals surface area contributed by atoms with E-state index in [2.05, 4.69) is 5.32 Å². The molecule has 0 spiro atoms. The fourth-order valence-electron chi connectivity index (χ4n) is 2.46. The van der Waals surface area contributed by atoms with Crippen molar-refractivity contribution < 1.29 is 9.59 Å². The molecule has 0 saturated carbocycles. The Balaban J connectivity index is 1.87. The van der Waals surface area contributed by atoms with Crippen LogP contribution in [0.5, 0.6) is 0 Å². The zero-order valence-corrected chi connectivity index (χ0v) is 11.5. The third-order valence-corrected chi connectivity index (χ3v) is 4.56. The van der Waals surface area contributed by atoms with E-state index >= 15 is 0 Å². The summed E-state index contributed by atoms with van der Waals surface area (Å²) < 4.78 is 0. The average Bonchev–Trinajstić information content (AvgIpc) is 2.87. The van der Waals surface area contributed by atoms with Gasteiger partial charge in [-0.05, 0) is 31.0 Å². The first kappa shape index (κ1) is 12.5. The molecular weight excluding hydrogens is 260 g/mol. The van der Waals surface area contributed by atoms with Crippen molar-refractivity contribution in [1.29, 1.82) is 0 Å². The van der Waals surface area contributed by atoms with Crippen molar-refractivity contribution in [1.82, 2.24) is 4.90 Å². The second-order valence-electron chi connectivity index (χ2n) is 4.86. The Morgan fingerprint density at radius 1 is 1.26 bits per heavy atom. The maximum absolute atomic E-state index is 12.3. The monoisotopic (exact) mass is 276 g/mol. The number of hydrogen-bond acceptors (Lipinski definition) is 3. The number of carbonyl (C=O) groups excluding carboxylic acids is 2. The Labute approximate surface area is 116 Å². The molecule has 3 rings (SSSR count). The van der Waals surface area contributed by atoms with Crippen molar-refractivity contribution in [3.63, 3.8) is 0 Å². The molecular formula is C14H16N2O2S. The van der Waals surface area contributed by atoms with Gasteiger partial charge < -0.3 is 10.2 Å². The van der Waals surface area contributed by atoms with Gasteiger partial charge in [0.2, 0.25) is 5.91 Å². The van der Waals surface area contributed by atoms with Gasteiger partial charge in [-0.2, -0.15) is 0 Å². The third-order valence-electron chi connectivity index (χ3n) is 3.48. The molecule has 4 nitrogen and oxygen atoms in total. The maximum Gasteiger partial charge on any atom is 0.253 e. The first-order valence-corrected chi connectivity index (χ1v) is 7.58. The molecule has 1 saturated heterocycles. The van der Waals surface area contributed by atoms with Crippen LogP contribution in [0.3, 0.4) is 0 Å². The number of nitrogens with one attached hydrogen (secondary N) is 1. The van der Waals surface area contributed by atoms with Crippen LogP contribution in [0.4, 0.5) is 5.69 Å².